The van der Waals surface area contributed by atoms with Crippen LogP contribution in [-0.2, 0) is 6.54 Å². The quantitative estimate of drug-likeness (QED) is 0.851. The standard InChI is InChI=1S/C17H19FN2O4/c1-22-14-8-11(9-15(23-2)16(14)24-3)10-19-17(21)20-13-7-5-4-6-12(13)18/h4-9H,10H2,1-3H3,(H2,19,20,21). The molecule has 0 bridgehead atoms. The Hall–Kier alpha value is -2.96. The Morgan fingerprint density at radius 2 is 1.67 bits per heavy atom. The molecule has 6 nitrogen and oxygen atoms in total. The third-order valence-electron chi connectivity index (χ3n) is 3.30. The van der Waals surface area contributed by atoms with Crippen molar-refractivity contribution in [2.45, 2.75) is 6.54 Å². The lowest BCUT2D eigenvalue weighted by atomic mass is 10.2. The van der Waals surface area contributed by atoms with E-state index in [-0.39, 0.29) is 12.2 Å². The second-order valence-corrected chi connectivity index (χ2v) is 4.82. The minimum Gasteiger partial charge on any atom is -0.493 e. The lowest BCUT2D eigenvalue weighted by Gasteiger charge is -2.14. The number of methoxy groups -OCH3 is 3. The van der Waals surface area contributed by atoms with Crippen LogP contribution in [0.3, 0.4) is 0 Å². The van der Waals surface area contributed by atoms with E-state index in [1.54, 1.807) is 24.3 Å². The highest BCUT2D eigenvalue weighted by Gasteiger charge is 2.13. The van der Waals surface area contributed by atoms with E-state index in [0.717, 1.165) is 5.56 Å². The molecule has 0 saturated carbocycles. The summed E-state index contributed by atoms with van der Waals surface area (Å²) in [4.78, 5) is 11.9. The predicted molar refractivity (Wildman–Crippen MR) is 88.4 cm³/mol. The Kier molecular flexibility index (Phi) is 5.83. The Morgan fingerprint density at radius 1 is 1.04 bits per heavy atom. The molecule has 0 fully saturated rings. The number of amides is 2. The van der Waals surface area contributed by atoms with Gasteiger partial charge in [-0.2, -0.15) is 0 Å². The fraction of sp³-hybridized carbons (Fsp3) is 0.235. The van der Waals surface area contributed by atoms with Crippen molar-refractivity contribution in [3.63, 3.8) is 0 Å². The van der Waals surface area contributed by atoms with E-state index >= 15 is 0 Å². The number of anilines is 1. The van der Waals surface area contributed by atoms with Gasteiger partial charge in [0.1, 0.15) is 5.82 Å². The smallest absolute Gasteiger partial charge is 0.319 e. The van der Waals surface area contributed by atoms with Gasteiger partial charge in [0.2, 0.25) is 5.75 Å². The third-order valence-corrected chi connectivity index (χ3v) is 3.30. The molecule has 2 N–H and O–H groups in total. The monoisotopic (exact) mass is 334 g/mol. The average molecular weight is 334 g/mol. The summed E-state index contributed by atoms with van der Waals surface area (Å²) in [6.45, 7) is 0.205. The zero-order valence-electron chi connectivity index (χ0n) is 13.7. The van der Waals surface area contributed by atoms with Gasteiger partial charge in [-0.1, -0.05) is 12.1 Å². The van der Waals surface area contributed by atoms with Crippen molar-refractivity contribution in [1.82, 2.24) is 5.32 Å². The summed E-state index contributed by atoms with van der Waals surface area (Å²) in [5.41, 5.74) is 0.855. The molecule has 0 atom stereocenters. The Labute approximate surface area is 139 Å². The molecule has 2 amide bonds. The molecule has 0 aliphatic carbocycles. The van der Waals surface area contributed by atoms with Crippen LogP contribution in [0.1, 0.15) is 5.56 Å². The number of carbonyl (C=O) groups excluding carboxylic acids is 1. The number of para-hydroxylation sites is 1. The van der Waals surface area contributed by atoms with Crippen molar-refractivity contribution in [2.75, 3.05) is 26.6 Å². The molecule has 0 unspecified atom stereocenters. The van der Waals surface area contributed by atoms with Gasteiger partial charge in [-0.3, -0.25) is 0 Å². The third kappa shape index (κ3) is 4.07. The zero-order chi connectivity index (χ0) is 17.5. The lowest BCUT2D eigenvalue weighted by Crippen LogP contribution is -2.28. The van der Waals surface area contributed by atoms with E-state index < -0.39 is 11.8 Å². The number of urea groups is 1. The van der Waals surface area contributed by atoms with Crippen LogP contribution in [-0.4, -0.2) is 27.4 Å². The molecule has 128 valence electrons. The fourth-order valence-corrected chi connectivity index (χ4v) is 2.15. The number of carbonyl (C=O) groups is 1. The van der Waals surface area contributed by atoms with E-state index in [4.69, 9.17) is 14.2 Å². The average Bonchev–Trinajstić information content (AvgIpc) is 2.60. The molecule has 2 rings (SSSR count). The second kappa shape index (κ2) is 8.05. The van der Waals surface area contributed by atoms with E-state index in [0.29, 0.717) is 17.2 Å². The van der Waals surface area contributed by atoms with Gasteiger partial charge in [0, 0.05) is 6.54 Å². The first kappa shape index (κ1) is 17.4. The van der Waals surface area contributed by atoms with Gasteiger partial charge in [0.25, 0.3) is 0 Å². The molecule has 2 aromatic carbocycles. The van der Waals surface area contributed by atoms with Gasteiger partial charge in [-0.15, -0.1) is 0 Å². The topological polar surface area (TPSA) is 68.8 Å². The molecule has 24 heavy (non-hydrogen) atoms. The Balaban J connectivity index is 2.06. The predicted octanol–water partition coefficient (Wildman–Crippen LogP) is 3.17. The highest BCUT2D eigenvalue weighted by Crippen LogP contribution is 2.38. The molecule has 0 aliphatic rings. The summed E-state index contributed by atoms with van der Waals surface area (Å²) >= 11 is 0. The lowest BCUT2D eigenvalue weighted by molar-refractivity contribution is 0.251. The van der Waals surface area contributed by atoms with Gasteiger partial charge in [0.15, 0.2) is 11.5 Å². The van der Waals surface area contributed by atoms with Crippen molar-refractivity contribution in [3.05, 3.63) is 47.8 Å². The van der Waals surface area contributed by atoms with E-state index in [1.807, 2.05) is 0 Å². The van der Waals surface area contributed by atoms with Gasteiger partial charge in [-0.05, 0) is 29.8 Å². The van der Waals surface area contributed by atoms with Crippen LogP contribution < -0.4 is 24.8 Å². The van der Waals surface area contributed by atoms with Crippen LogP contribution in [0.15, 0.2) is 36.4 Å². The molecule has 0 saturated heterocycles. The highest BCUT2D eigenvalue weighted by molar-refractivity contribution is 5.89. The summed E-state index contributed by atoms with van der Waals surface area (Å²) < 4.78 is 29.3. The van der Waals surface area contributed by atoms with E-state index in [1.165, 1.54) is 33.5 Å². The molecule has 0 heterocycles. The van der Waals surface area contributed by atoms with Crippen LogP contribution in [0.2, 0.25) is 0 Å². The van der Waals surface area contributed by atoms with Gasteiger partial charge in [-0.25, -0.2) is 9.18 Å². The molecule has 0 aromatic heterocycles. The highest BCUT2D eigenvalue weighted by atomic mass is 19.1. The number of halogens is 1. The normalized spacial score (nSPS) is 10.0. The maximum atomic E-state index is 13.5. The number of rotatable bonds is 6. The van der Waals surface area contributed by atoms with E-state index in [2.05, 4.69) is 10.6 Å². The number of ether oxygens (including phenoxy) is 3. The van der Waals surface area contributed by atoms with Crippen LogP contribution in [0, 0.1) is 5.82 Å². The molecule has 0 spiro atoms. The molecular formula is C17H19FN2O4. The van der Waals surface area contributed by atoms with Crippen molar-refractivity contribution < 1.29 is 23.4 Å². The molecule has 2 aromatic rings. The SMILES string of the molecule is COc1cc(CNC(=O)Nc2ccccc2F)cc(OC)c1OC. The van der Waals surface area contributed by atoms with Crippen molar-refractivity contribution in [2.24, 2.45) is 0 Å². The largest absolute Gasteiger partial charge is 0.493 e. The van der Waals surface area contributed by atoms with Gasteiger partial charge >= 0.3 is 6.03 Å². The minimum atomic E-state index is -0.520. The Bertz CT molecular complexity index is 696. The maximum absolute atomic E-state index is 13.5. The van der Waals surface area contributed by atoms with Crippen LogP contribution in [0.25, 0.3) is 0 Å². The van der Waals surface area contributed by atoms with Gasteiger partial charge < -0.3 is 24.8 Å². The van der Waals surface area contributed by atoms with Crippen molar-refractivity contribution in [3.8, 4) is 17.2 Å². The zero-order valence-corrected chi connectivity index (χ0v) is 13.7. The van der Waals surface area contributed by atoms with Crippen molar-refractivity contribution in [1.29, 1.82) is 0 Å². The fourth-order valence-electron chi connectivity index (χ4n) is 2.15. The number of hydrogen-bond acceptors (Lipinski definition) is 4. The summed E-state index contributed by atoms with van der Waals surface area (Å²) in [5, 5.41) is 5.09. The molecular weight excluding hydrogens is 315 g/mol. The molecule has 0 aliphatic heterocycles. The summed E-state index contributed by atoms with van der Waals surface area (Å²) in [5.74, 6) is 0.950. The number of hydrogen-bond donors (Lipinski definition) is 2. The number of nitrogens with one attached hydrogen (secondary N) is 2. The van der Waals surface area contributed by atoms with Crippen molar-refractivity contribution >= 4 is 11.7 Å². The molecule has 7 heteroatoms. The minimum absolute atomic E-state index is 0.111. The second-order valence-electron chi connectivity index (χ2n) is 4.82. The van der Waals surface area contributed by atoms with Crippen LogP contribution in [0.4, 0.5) is 14.9 Å². The van der Waals surface area contributed by atoms with Crippen LogP contribution in [0.5, 0.6) is 17.2 Å². The Morgan fingerprint density at radius 3 is 2.21 bits per heavy atom. The number of benzene rings is 2. The summed E-state index contributed by atoms with van der Waals surface area (Å²) in [7, 11) is 4.54. The first-order valence-electron chi connectivity index (χ1n) is 7.17. The first-order valence-corrected chi connectivity index (χ1v) is 7.17. The summed E-state index contributed by atoms with van der Waals surface area (Å²) in [6, 6.07) is 8.87. The van der Waals surface area contributed by atoms with Crippen LogP contribution >= 0.6 is 0 Å². The van der Waals surface area contributed by atoms with Gasteiger partial charge in [0.05, 0.1) is 27.0 Å². The summed E-state index contributed by atoms with van der Waals surface area (Å²) in [6.07, 6.45) is 0. The maximum Gasteiger partial charge on any atom is 0.319 e. The first-order chi connectivity index (χ1) is 11.6. The van der Waals surface area contributed by atoms with E-state index in [9.17, 15) is 9.18 Å². The molecule has 0 radical (unpaired) electrons.